The Morgan fingerprint density at radius 3 is 1.30 bits per heavy atom. The fourth-order valence-corrected chi connectivity index (χ4v) is 1.54. The average molecular weight is 306 g/mol. The molecule has 0 aliphatic rings. The zero-order valence-corrected chi connectivity index (χ0v) is 12.5. The molecule has 0 bridgehead atoms. The van der Waals surface area contributed by atoms with Gasteiger partial charge in [-0.2, -0.15) is 0 Å². The highest BCUT2D eigenvalue weighted by Crippen LogP contribution is 2.19. The molecule has 0 saturated heterocycles. The van der Waals surface area contributed by atoms with Crippen molar-refractivity contribution in [3.05, 3.63) is 98.1 Å². The summed E-state index contributed by atoms with van der Waals surface area (Å²) < 4.78 is 5.58. The maximum absolute atomic E-state index is 5.58. The Labute approximate surface area is 135 Å². The lowest BCUT2D eigenvalue weighted by atomic mass is 10.3. The number of rotatable bonds is 2. The molecule has 0 atom stereocenters. The first kappa shape index (κ1) is 16.0. The molecule has 0 unspecified atom stereocenters. The van der Waals surface area contributed by atoms with Crippen molar-refractivity contribution in [2.75, 3.05) is 0 Å². The van der Waals surface area contributed by atoms with Gasteiger partial charge >= 0.3 is 0 Å². The van der Waals surface area contributed by atoms with E-state index in [0.717, 1.165) is 11.5 Å². The monoisotopic (exact) mass is 306 g/mol. The summed E-state index contributed by atoms with van der Waals surface area (Å²) in [6, 6.07) is 19.5. The highest BCUT2D eigenvalue weighted by atomic mass is 16.5. The molecule has 5 heteroatoms. The van der Waals surface area contributed by atoms with Crippen LogP contribution in [0.2, 0.25) is 0 Å². The second-order valence-electron chi connectivity index (χ2n) is 4.25. The van der Waals surface area contributed by atoms with Crippen LogP contribution in [0.3, 0.4) is 0 Å². The second-order valence-corrected chi connectivity index (χ2v) is 4.25. The van der Waals surface area contributed by atoms with E-state index in [1.807, 2.05) is 60.7 Å². The topological polar surface area (TPSA) is 66.6 Å². The Kier molecular flexibility index (Phi) is 7.25. The van der Waals surface area contributed by atoms with E-state index in [1.54, 1.807) is 37.4 Å². The molecular formula is C18H18N4O. The van der Waals surface area contributed by atoms with Crippen LogP contribution in [0.25, 0.3) is 0 Å². The summed E-state index contributed by atoms with van der Waals surface area (Å²) in [6.07, 6.45) is 10.2. The van der Waals surface area contributed by atoms with Crippen molar-refractivity contribution in [3.8, 4) is 11.5 Å². The van der Waals surface area contributed by atoms with Gasteiger partial charge in [-0.05, 0) is 24.3 Å². The van der Waals surface area contributed by atoms with Gasteiger partial charge in [-0.15, -0.1) is 0 Å². The SMILES string of the molecule is c1c[nH]cn1.c1c[nH]cn1.c1ccc(Oc2ccccc2)cc1. The third-order valence-corrected chi connectivity index (χ3v) is 2.53. The van der Waals surface area contributed by atoms with E-state index in [2.05, 4.69) is 19.9 Å². The van der Waals surface area contributed by atoms with E-state index >= 15 is 0 Å². The van der Waals surface area contributed by atoms with Gasteiger partial charge in [0.2, 0.25) is 0 Å². The lowest BCUT2D eigenvalue weighted by molar-refractivity contribution is 0.482. The third kappa shape index (κ3) is 7.29. The largest absolute Gasteiger partial charge is 0.457 e. The van der Waals surface area contributed by atoms with Crippen LogP contribution in [0.5, 0.6) is 11.5 Å². The Hall–Kier alpha value is -3.34. The van der Waals surface area contributed by atoms with Gasteiger partial charge < -0.3 is 14.7 Å². The Morgan fingerprint density at radius 1 is 0.609 bits per heavy atom. The summed E-state index contributed by atoms with van der Waals surface area (Å²) in [5, 5.41) is 0. The maximum Gasteiger partial charge on any atom is 0.127 e. The highest BCUT2D eigenvalue weighted by molar-refractivity contribution is 5.30. The summed E-state index contributed by atoms with van der Waals surface area (Å²) in [5.41, 5.74) is 0. The van der Waals surface area contributed by atoms with Crippen molar-refractivity contribution in [2.24, 2.45) is 0 Å². The van der Waals surface area contributed by atoms with Gasteiger partial charge in [0.1, 0.15) is 11.5 Å². The number of nitrogens with zero attached hydrogens (tertiary/aromatic N) is 2. The second kappa shape index (κ2) is 10.4. The van der Waals surface area contributed by atoms with Crippen molar-refractivity contribution in [3.63, 3.8) is 0 Å². The number of nitrogens with one attached hydrogen (secondary N) is 2. The third-order valence-electron chi connectivity index (χ3n) is 2.53. The fourth-order valence-electron chi connectivity index (χ4n) is 1.54. The molecule has 2 heterocycles. The molecule has 0 amide bonds. The smallest absolute Gasteiger partial charge is 0.127 e. The van der Waals surface area contributed by atoms with E-state index in [9.17, 15) is 0 Å². The summed E-state index contributed by atoms with van der Waals surface area (Å²) in [7, 11) is 0. The van der Waals surface area contributed by atoms with Gasteiger partial charge in [0, 0.05) is 24.8 Å². The van der Waals surface area contributed by atoms with E-state index < -0.39 is 0 Å². The minimum atomic E-state index is 0.869. The zero-order chi connectivity index (χ0) is 16.0. The molecule has 0 spiro atoms. The molecule has 2 aromatic carbocycles. The van der Waals surface area contributed by atoms with Crippen LogP contribution in [0.1, 0.15) is 0 Å². The molecular weight excluding hydrogens is 288 g/mol. The minimum Gasteiger partial charge on any atom is -0.457 e. The summed E-state index contributed by atoms with van der Waals surface area (Å²) in [6.45, 7) is 0. The zero-order valence-electron chi connectivity index (χ0n) is 12.5. The molecule has 0 aliphatic heterocycles. The Balaban J connectivity index is 0.000000156. The number of H-pyrrole nitrogens is 2. The number of para-hydroxylation sites is 2. The molecule has 0 radical (unpaired) electrons. The van der Waals surface area contributed by atoms with Gasteiger partial charge in [0.25, 0.3) is 0 Å². The van der Waals surface area contributed by atoms with E-state index in [1.165, 1.54) is 0 Å². The van der Waals surface area contributed by atoms with Crippen LogP contribution in [-0.4, -0.2) is 19.9 Å². The van der Waals surface area contributed by atoms with Gasteiger partial charge in [-0.1, -0.05) is 36.4 Å². The van der Waals surface area contributed by atoms with Crippen LogP contribution in [0, 0.1) is 0 Å². The molecule has 5 nitrogen and oxygen atoms in total. The summed E-state index contributed by atoms with van der Waals surface area (Å²) >= 11 is 0. The standard InChI is InChI=1S/C12H10O.2C3H4N2/c1-3-7-11(8-4-1)13-12-9-5-2-6-10-12;2*1-2-5-3-4-1/h1-10H;2*1-3H,(H,4,5). The van der Waals surface area contributed by atoms with Gasteiger partial charge in [-0.25, -0.2) is 9.97 Å². The Bertz CT molecular complexity index is 597. The summed E-state index contributed by atoms with van der Waals surface area (Å²) in [5.74, 6) is 1.74. The highest BCUT2D eigenvalue weighted by Gasteiger charge is 1.92. The van der Waals surface area contributed by atoms with E-state index in [0.29, 0.717) is 0 Å². The van der Waals surface area contributed by atoms with Crippen molar-refractivity contribution in [2.45, 2.75) is 0 Å². The van der Waals surface area contributed by atoms with Gasteiger partial charge in [0.15, 0.2) is 0 Å². The number of aromatic amines is 2. The fraction of sp³-hybridized carbons (Fsp3) is 0. The quantitative estimate of drug-likeness (QED) is 0.580. The molecule has 0 fully saturated rings. The molecule has 2 aromatic heterocycles. The lowest BCUT2D eigenvalue weighted by Crippen LogP contribution is -1.81. The molecule has 4 aromatic rings. The minimum absolute atomic E-state index is 0.869. The number of hydrogen-bond acceptors (Lipinski definition) is 3. The molecule has 23 heavy (non-hydrogen) atoms. The lowest BCUT2D eigenvalue weighted by Gasteiger charge is -2.03. The Morgan fingerprint density at radius 2 is 1.04 bits per heavy atom. The van der Waals surface area contributed by atoms with Crippen LogP contribution in [0.15, 0.2) is 98.1 Å². The predicted octanol–water partition coefficient (Wildman–Crippen LogP) is 4.30. The van der Waals surface area contributed by atoms with Crippen LogP contribution in [-0.2, 0) is 0 Å². The van der Waals surface area contributed by atoms with Crippen molar-refractivity contribution in [1.82, 2.24) is 19.9 Å². The van der Waals surface area contributed by atoms with E-state index in [-0.39, 0.29) is 0 Å². The number of aromatic nitrogens is 4. The van der Waals surface area contributed by atoms with Crippen LogP contribution < -0.4 is 4.74 Å². The molecule has 0 aliphatic carbocycles. The average Bonchev–Trinajstić information content (AvgIpc) is 3.35. The predicted molar refractivity (Wildman–Crippen MR) is 90.1 cm³/mol. The summed E-state index contributed by atoms with van der Waals surface area (Å²) in [4.78, 5) is 12.8. The first-order chi connectivity index (χ1) is 11.4. The molecule has 2 N–H and O–H groups in total. The number of hydrogen-bond donors (Lipinski definition) is 2. The van der Waals surface area contributed by atoms with Crippen LogP contribution >= 0.6 is 0 Å². The molecule has 4 rings (SSSR count). The number of benzene rings is 2. The van der Waals surface area contributed by atoms with Gasteiger partial charge in [0.05, 0.1) is 12.7 Å². The number of imidazole rings is 2. The number of ether oxygens (including phenoxy) is 1. The molecule has 116 valence electrons. The maximum atomic E-state index is 5.58. The molecule has 0 saturated carbocycles. The van der Waals surface area contributed by atoms with Crippen molar-refractivity contribution < 1.29 is 4.74 Å². The van der Waals surface area contributed by atoms with Crippen molar-refractivity contribution >= 4 is 0 Å². The normalized spacial score (nSPS) is 8.87. The van der Waals surface area contributed by atoms with Crippen molar-refractivity contribution in [1.29, 1.82) is 0 Å². The van der Waals surface area contributed by atoms with E-state index in [4.69, 9.17) is 4.74 Å². The first-order valence-corrected chi connectivity index (χ1v) is 7.08. The van der Waals surface area contributed by atoms with Gasteiger partial charge in [-0.3, -0.25) is 0 Å². The van der Waals surface area contributed by atoms with Crippen LogP contribution in [0.4, 0.5) is 0 Å². The first-order valence-electron chi connectivity index (χ1n) is 7.08.